The third kappa shape index (κ3) is 6.51. The highest BCUT2D eigenvalue weighted by atomic mass is 35.5. The van der Waals surface area contributed by atoms with Gasteiger partial charge in [0.05, 0.1) is 21.3 Å². The maximum Gasteiger partial charge on any atom is 0.323 e. The Hall–Kier alpha value is -2.48. The molecule has 0 saturated carbocycles. The molecule has 3 N–H and O–H groups in total. The van der Waals surface area contributed by atoms with Gasteiger partial charge in [-0.1, -0.05) is 29.3 Å². The first kappa shape index (κ1) is 24.2. The van der Waals surface area contributed by atoms with Crippen LogP contribution in [0.15, 0.2) is 36.4 Å². The smallest absolute Gasteiger partial charge is 0.323 e. The monoisotopic (exact) mass is 478 g/mol. The number of benzene rings is 2. The second kappa shape index (κ2) is 11.9. The van der Waals surface area contributed by atoms with Gasteiger partial charge in [0, 0.05) is 44.2 Å². The molecule has 0 radical (unpaired) electrons. The molecule has 2 aromatic carbocycles. The van der Waals surface area contributed by atoms with E-state index in [1.165, 1.54) is 0 Å². The number of hydrogen-bond donors (Lipinski definition) is 3. The molecule has 1 aliphatic rings. The van der Waals surface area contributed by atoms with Crippen LogP contribution in [0.5, 0.6) is 0 Å². The van der Waals surface area contributed by atoms with Gasteiger partial charge in [-0.2, -0.15) is 0 Å². The molecule has 1 saturated heterocycles. The molecule has 0 atom stereocenters. The molecular weight excluding hydrogens is 451 g/mol. The molecule has 3 amide bonds. The molecule has 0 aromatic heterocycles. The number of urea groups is 1. The van der Waals surface area contributed by atoms with Gasteiger partial charge >= 0.3 is 6.03 Å². The maximum atomic E-state index is 12.9. The van der Waals surface area contributed by atoms with Crippen LogP contribution in [0.3, 0.4) is 0 Å². The zero-order valence-corrected chi connectivity index (χ0v) is 19.6. The minimum absolute atomic E-state index is 0.179. The Morgan fingerprint density at radius 2 is 1.78 bits per heavy atom. The molecular formula is C23H28Cl2N4O3. The zero-order chi connectivity index (χ0) is 22.9. The Kier molecular flexibility index (Phi) is 9.02. The van der Waals surface area contributed by atoms with Gasteiger partial charge in [0.15, 0.2) is 0 Å². The number of rotatable bonds is 9. The van der Waals surface area contributed by atoms with Crippen molar-refractivity contribution in [2.45, 2.75) is 26.2 Å². The molecule has 1 aliphatic heterocycles. The van der Waals surface area contributed by atoms with Crippen LogP contribution in [-0.4, -0.2) is 44.8 Å². The van der Waals surface area contributed by atoms with Crippen molar-refractivity contribution in [3.8, 4) is 0 Å². The Morgan fingerprint density at radius 3 is 2.47 bits per heavy atom. The third-order valence-electron chi connectivity index (χ3n) is 5.10. The van der Waals surface area contributed by atoms with E-state index in [4.69, 9.17) is 27.9 Å². The number of carbonyl (C=O) groups is 2. The van der Waals surface area contributed by atoms with Crippen LogP contribution in [0.1, 0.15) is 36.5 Å². The topological polar surface area (TPSA) is 82.7 Å². The number of nitrogens with one attached hydrogen (secondary N) is 3. The standard InChI is InChI=1S/C23H28Cl2N4O3/c1-2-32-14-6-11-26-22(30)17-15-16(9-10-20(17)29-12-3-4-13-29)27-23(31)28-21-18(24)7-5-8-19(21)25/h5,7-10,15H,2-4,6,11-14H2,1H3,(H,26,30)(H2,27,28,31). The van der Waals surface area contributed by atoms with Crippen LogP contribution in [0.2, 0.25) is 10.0 Å². The molecule has 0 bridgehead atoms. The molecule has 7 nitrogen and oxygen atoms in total. The van der Waals surface area contributed by atoms with E-state index in [9.17, 15) is 9.59 Å². The van der Waals surface area contributed by atoms with Crippen LogP contribution < -0.4 is 20.9 Å². The van der Waals surface area contributed by atoms with E-state index in [0.29, 0.717) is 46.7 Å². The van der Waals surface area contributed by atoms with Crippen molar-refractivity contribution in [1.82, 2.24) is 5.32 Å². The first-order valence-corrected chi connectivity index (χ1v) is 11.5. The molecule has 1 heterocycles. The fraction of sp³-hybridized carbons (Fsp3) is 0.391. The van der Waals surface area contributed by atoms with E-state index in [2.05, 4.69) is 20.9 Å². The molecule has 1 fully saturated rings. The summed E-state index contributed by atoms with van der Waals surface area (Å²) < 4.78 is 5.32. The summed E-state index contributed by atoms with van der Waals surface area (Å²) in [5, 5.41) is 9.04. The Labute approximate surface area is 198 Å². The minimum atomic E-state index is -0.503. The normalized spacial score (nSPS) is 13.2. The van der Waals surface area contributed by atoms with E-state index in [-0.39, 0.29) is 5.91 Å². The zero-order valence-electron chi connectivity index (χ0n) is 18.0. The molecule has 0 spiro atoms. The van der Waals surface area contributed by atoms with Crippen molar-refractivity contribution >= 4 is 52.2 Å². The number of carbonyl (C=O) groups excluding carboxylic acids is 2. The van der Waals surface area contributed by atoms with Crippen LogP contribution >= 0.6 is 23.2 Å². The summed E-state index contributed by atoms with van der Waals surface area (Å²) in [4.78, 5) is 27.6. The summed E-state index contributed by atoms with van der Waals surface area (Å²) in [6.45, 7) is 5.52. The van der Waals surface area contributed by atoms with Crippen molar-refractivity contribution in [3.63, 3.8) is 0 Å². The summed E-state index contributed by atoms with van der Waals surface area (Å²) in [5.41, 5.74) is 2.21. The van der Waals surface area contributed by atoms with E-state index >= 15 is 0 Å². The lowest BCUT2D eigenvalue weighted by molar-refractivity contribution is 0.0944. The Balaban J connectivity index is 1.73. The van der Waals surface area contributed by atoms with E-state index < -0.39 is 6.03 Å². The molecule has 172 valence electrons. The van der Waals surface area contributed by atoms with E-state index in [1.54, 1.807) is 30.3 Å². The molecule has 2 aromatic rings. The number of para-hydroxylation sites is 1. The predicted octanol–water partition coefficient (Wildman–Crippen LogP) is 5.39. The van der Waals surface area contributed by atoms with Crippen LogP contribution in [0.4, 0.5) is 21.9 Å². The SMILES string of the molecule is CCOCCCNC(=O)c1cc(NC(=O)Nc2c(Cl)cccc2Cl)ccc1N1CCCC1. The predicted molar refractivity (Wildman–Crippen MR) is 130 cm³/mol. The summed E-state index contributed by atoms with van der Waals surface area (Å²) in [7, 11) is 0. The molecule has 0 unspecified atom stereocenters. The summed E-state index contributed by atoms with van der Waals surface area (Å²) in [5.74, 6) is -0.179. The number of halogens is 2. The second-order valence-electron chi connectivity index (χ2n) is 7.41. The van der Waals surface area contributed by atoms with Gasteiger partial charge in [0.25, 0.3) is 5.91 Å². The number of hydrogen-bond acceptors (Lipinski definition) is 4. The molecule has 32 heavy (non-hydrogen) atoms. The van der Waals surface area contributed by atoms with E-state index in [0.717, 1.165) is 38.0 Å². The highest BCUT2D eigenvalue weighted by molar-refractivity contribution is 6.39. The van der Waals surface area contributed by atoms with Gasteiger partial charge in [-0.3, -0.25) is 4.79 Å². The van der Waals surface area contributed by atoms with Gasteiger partial charge in [0.1, 0.15) is 0 Å². The van der Waals surface area contributed by atoms with Crippen LogP contribution in [-0.2, 0) is 4.74 Å². The summed E-state index contributed by atoms with van der Waals surface area (Å²) in [6.07, 6.45) is 2.92. The Morgan fingerprint density at radius 1 is 1.06 bits per heavy atom. The van der Waals surface area contributed by atoms with Gasteiger partial charge in [-0.25, -0.2) is 4.79 Å². The average Bonchev–Trinajstić information content (AvgIpc) is 3.31. The highest BCUT2D eigenvalue weighted by Crippen LogP contribution is 2.31. The van der Waals surface area contributed by atoms with Crippen LogP contribution in [0.25, 0.3) is 0 Å². The molecule has 3 rings (SSSR count). The molecule has 9 heteroatoms. The second-order valence-corrected chi connectivity index (χ2v) is 8.22. The lowest BCUT2D eigenvalue weighted by atomic mass is 10.1. The Bertz CT molecular complexity index is 929. The highest BCUT2D eigenvalue weighted by Gasteiger charge is 2.20. The van der Waals surface area contributed by atoms with Crippen molar-refractivity contribution < 1.29 is 14.3 Å². The largest absolute Gasteiger partial charge is 0.382 e. The van der Waals surface area contributed by atoms with Crippen molar-refractivity contribution in [2.75, 3.05) is 48.4 Å². The number of nitrogens with zero attached hydrogens (tertiary/aromatic N) is 1. The number of ether oxygens (including phenoxy) is 1. The minimum Gasteiger partial charge on any atom is -0.382 e. The number of anilines is 3. The van der Waals surface area contributed by atoms with Crippen molar-refractivity contribution in [1.29, 1.82) is 0 Å². The van der Waals surface area contributed by atoms with Gasteiger partial charge in [0.2, 0.25) is 0 Å². The quantitative estimate of drug-likeness (QED) is 0.421. The summed E-state index contributed by atoms with van der Waals surface area (Å²) in [6, 6.07) is 9.83. The maximum absolute atomic E-state index is 12.9. The lowest BCUT2D eigenvalue weighted by Gasteiger charge is -2.22. The molecule has 0 aliphatic carbocycles. The lowest BCUT2D eigenvalue weighted by Crippen LogP contribution is -2.29. The fourth-order valence-electron chi connectivity index (χ4n) is 3.54. The van der Waals surface area contributed by atoms with Gasteiger partial charge in [-0.05, 0) is 56.5 Å². The first-order chi connectivity index (χ1) is 15.5. The van der Waals surface area contributed by atoms with E-state index in [1.807, 2.05) is 13.0 Å². The van der Waals surface area contributed by atoms with Gasteiger partial charge < -0.3 is 25.6 Å². The third-order valence-corrected chi connectivity index (χ3v) is 5.73. The van der Waals surface area contributed by atoms with Crippen molar-refractivity contribution in [3.05, 3.63) is 52.0 Å². The summed E-state index contributed by atoms with van der Waals surface area (Å²) >= 11 is 12.2. The van der Waals surface area contributed by atoms with Crippen molar-refractivity contribution in [2.24, 2.45) is 0 Å². The number of amides is 3. The van der Waals surface area contributed by atoms with Crippen LogP contribution in [0, 0.1) is 0 Å². The fourth-order valence-corrected chi connectivity index (χ4v) is 4.03. The first-order valence-electron chi connectivity index (χ1n) is 10.8. The van der Waals surface area contributed by atoms with Gasteiger partial charge in [-0.15, -0.1) is 0 Å². The average molecular weight is 479 g/mol.